The van der Waals surface area contributed by atoms with E-state index >= 15 is 0 Å². The van der Waals surface area contributed by atoms with E-state index in [0.29, 0.717) is 28.3 Å². The van der Waals surface area contributed by atoms with Gasteiger partial charge >= 0.3 is 5.97 Å². The Hall–Kier alpha value is -2.92. The molecule has 0 bridgehead atoms. The molecule has 0 unspecified atom stereocenters. The van der Waals surface area contributed by atoms with Gasteiger partial charge in [-0.05, 0) is 43.2 Å². The van der Waals surface area contributed by atoms with Gasteiger partial charge in [-0.1, -0.05) is 35.9 Å². The Morgan fingerprint density at radius 1 is 1.19 bits per heavy atom. The molecular weight excluding hydrogens is 366 g/mol. The van der Waals surface area contributed by atoms with Crippen molar-refractivity contribution in [1.29, 1.82) is 0 Å². The molecule has 0 spiro atoms. The maximum Gasteiger partial charge on any atom is 0.344 e. The van der Waals surface area contributed by atoms with Crippen molar-refractivity contribution in [3.05, 3.63) is 69.9 Å². The van der Waals surface area contributed by atoms with Crippen LogP contribution in [0.1, 0.15) is 27.0 Å². The van der Waals surface area contributed by atoms with E-state index in [1.165, 1.54) is 0 Å². The van der Waals surface area contributed by atoms with Gasteiger partial charge in [-0.2, -0.15) is 0 Å². The number of aromatic nitrogens is 1. The van der Waals surface area contributed by atoms with E-state index in [1.54, 1.807) is 24.3 Å². The Morgan fingerprint density at radius 2 is 1.96 bits per heavy atom. The molecule has 1 aromatic heterocycles. The Bertz CT molecular complexity index is 1020. The number of esters is 1. The van der Waals surface area contributed by atoms with Crippen LogP contribution in [0.2, 0.25) is 5.15 Å². The number of fused-ring (bicyclic) bond motifs is 1. The summed E-state index contributed by atoms with van der Waals surface area (Å²) in [6.07, 6.45) is 0.672. The summed E-state index contributed by atoms with van der Waals surface area (Å²) in [5.41, 5.74) is 4.04. The summed E-state index contributed by atoms with van der Waals surface area (Å²) in [4.78, 5) is 27.4. The van der Waals surface area contributed by atoms with Crippen molar-refractivity contribution >= 4 is 34.8 Å². The topological polar surface area (TPSA) is 65.5 Å². The average Bonchev–Trinajstić information content (AvgIpc) is 2.68. The number of aldehydes is 1. The molecule has 3 aromatic rings. The van der Waals surface area contributed by atoms with E-state index in [2.05, 4.69) is 4.98 Å². The number of hydrogen-bond donors (Lipinski definition) is 0. The highest BCUT2D eigenvalue weighted by molar-refractivity contribution is 6.30. The largest absolute Gasteiger partial charge is 0.481 e. The summed E-state index contributed by atoms with van der Waals surface area (Å²) in [6, 6.07) is 12.5. The Kier molecular flexibility index (Phi) is 5.72. The molecule has 0 aliphatic rings. The number of halogens is 1. The highest BCUT2D eigenvalue weighted by atomic mass is 35.5. The molecule has 0 amide bonds. The highest BCUT2D eigenvalue weighted by Crippen LogP contribution is 2.25. The van der Waals surface area contributed by atoms with Crippen molar-refractivity contribution in [1.82, 2.24) is 4.98 Å². The first-order valence-corrected chi connectivity index (χ1v) is 8.75. The number of para-hydroxylation sites is 1. The second kappa shape index (κ2) is 8.18. The number of aryl methyl sites for hydroxylation is 2. The summed E-state index contributed by atoms with van der Waals surface area (Å²) in [7, 11) is 0. The van der Waals surface area contributed by atoms with E-state index in [1.807, 2.05) is 32.0 Å². The molecule has 0 aliphatic heterocycles. The van der Waals surface area contributed by atoms with Gasteiger partial charge in [0.15, 0.2) is 12.9 Å². The van der Waals surface area contributed by atoms with Crippen molar-refractivity contribution < 1.29 is 19.1 Å². The molecule has 138 valence electrons. The molecule has 1 heterocycles. The fraction of sp³-hybridized carbons (Fsp3) is 0.190. The number of benzene rings is 2. The first kappa shape index (κ1) is 18.9. The molecule has 0 fully saturated rings. The minimum atomic E-state index is -0.563. The number of pyridine rings is 1. The second-order valence-corrected chi connectivity index (χ2v) is 6.48. The SMILES string of the molecule is Cc1ccc2cc(COC(=O)COc3ccccc3C=O)c(Cl)nc2c1C. The third kappa shape index (κ3) is 4.26. The number of nitrogens with zero attached hydrogens (tertiary/aromatic N) is 1. The van der Waals surface area contributed by atoms with Gasteiger partial charge in [0.2, 0.25) is 0 Å². The van der Waals surface area contributed by atoms with Crippen molar-refractivity contribution in [3.8, 4) is 5.75 Å². The zero-order valence-electron chi connectivity index (χ0n) is 15.0. The van der Waals surface area contributed by atoms with Crippen LogP contribution in [0.25, 0.3) is 10.9 Å². The number of carbonyl (C=O) groups excluding carboxylic acids is 2. The Labute approximate surface area is 161 Å². The summed E-state index contributed by atoms with van der Waals surface area (Å²) in [6.45, 7) is 3.70. The standard InChI is InChI=1S/C21H18ClNO4/c1-13-7-8-15-9-17(21(22)23-20(15)14(13)2)11-27-19(25)12-26-18-6-4-3-5-16(18)10-24/h3-10H,11-12H2,1-2H3. The van der Waals surface area contributed by atoms with Gasteiger partial charge in [-0.15, -0.1) is 0 Å². The van der Waals surface area contributed by atoms with Gasteiger partial charge < -0.3 is 9.47 Å². The fourth-order valence-electron chi connectivity index (χ4n) is 2.65. The minimum Gasteiger partial charge on any atom is -0.481 e. The van der Waals surface area contributed by atoms with Crippen LogP contribution in [0, 0.1) is 13.8 Å². The van der Waals surface area contributed by atoms with Crippen molar-refractivity contribution in [2.24, 2.45) is 0 Å². The van der Waals surface area contributed by atoms with Crippen LogP contribution in [0.3, 0.4) is 0 Å². The first-order chi connectivity index (χ1) is 13.0. The lowest BCUT2D eigenvalue weighted by Crippen LogP contribution is -2.15. The van der Waals surface area contributed by atoms with Crippen LogP contribution in [-0.4, -0.2) is 23.8 Å². The van der Waals surface area contributed by atoms with Crippen LogP contribution in [0.4, 0.5) is 0 Å². The monoisotopic (exact) mass is 383 g/mol. The van der Waals surface area contributed by atoms with Crippen LogP contribution in [0.15, 0.2) is 42.5 Å². The minimum absolute atomic E-state index is 0.00772. The summed E-state index contributed by atoms with van der Waals surface area (Å²) in [5.74, 6) is -0.229. The third-order valence-electron chi connectivity index (χ3n) is 4.32. The molecule has 0 saturated carbocycles. The van der Waals surface area contributed by atoms with E-state index in [4.69, 9.17) is 21.1 Å². The summed E-state index contributed by atoms with van der Waals surface area (Å²) in [5, 5.41) is 1.24. The van der Waals surface area contributed by atoms with Crippen molar-refractivity contribution in [2.45, 2.75) is 20.5 Å². The normalized spacial score (nSPS) is 10.6. The number of carbonyl (C=O) groups is 2. The quantitative estimate of drug-likeness (QED) is 0.357. The number of ether oxygens (including phenoxy) is 2. The molecule has 2 aromatic carbocycles. The number of rotatable bonds is 6. The zero-order valence-corrected chi connectivity index (χ0v) is 15.7. The lowest BCUT2D eigenvalue weighted by Gasteiger charge is -2.11. The van der Waals surface area contributed by atoms with Gasteiger partial charge in [-0.25, -0.2) is 9.78 Å². The first-order valence-electron chi connectivity index (χ1n) is 8.37. The van der Waals surface area contributed by atoms with Crippen molar-refractivity contribution in [2.75, 3.05) is 6.61 Å². The zero-order chi connectivity index (χ0) is 19.4. The average molecular weight is 384 g/mol. The molecule has 6 heteroatoms. The predicted octanol–water partition coefficient (Wildman–Crippen LogP) is 4.44. The van der Waals surface area contributed by atoms with E-state index < -0.39 is 5.97 Å². The fourth-order valence-corrected chi connectivity index (χ4v) is 2.84. The molecule has 3 rings (SSSR count). The lowest BCUT2D eigenvalue weighted by atomic mass is 10.0. The van der Waals surface area contributed by atoms with E-state index in [-0.39, 0.29) is 13.2 Å². The molecular formula is C21H18ClNO4. The lowest BCUT2D eigenvalue weighted by molar-refractivity contribution is -0.147. The molecule has 0 aliphatic carbocycles. The summed E-state index contributed by atoms with van der Waals surface area (Å²) < 4.78 is 10.6. The van der Waals surface area contributed by atoms with Gasteiger partial charge in [0.25, 0.3) is 0 Å². The van der Waals surface area contributed by atoms with Crippen LogP contribution < -0.4 is 4.74 Å². The van der Waals surface area contributed by atoms with E-state index in [9.17, 15) is 9.59 Å². The second-order valence-electron chi connectivity index (χ2n) is 6.12. The van der Waals surface area contributed by atoms with Crippen LogP contribution in [-0.2, 0) is 16.1 Å². The van der Waals surface area contributed by atoms with Crippen LogP contribution in [0.5, 0.6) is 5.75 Å². The molecule has 0 atom stereocenters. The molecule has 27 heavy (non-hydrogen) atoms. The maximum atomic E-state index is 12.0. The predicted molar refractivity (Wildman–Crippen MR) is 103 cm³/mol. The summed E-state index contributed by atoms with van der Waals surface area (Å²) >= 11 is 6.25. The number of hydrogen-bond acceptors (Lipinski definition) is 5. The Balaban J connectivity index is 1.66. The molecule has 5 nitrogen and oxygen atoms in total. The Morgan fingerprint density at radius 3 is 2.74 bits per heavy atom. The maximum absolute atomic E-state index is 12.0. The van der Waals surface area contributed by atoms with Gasteiger partial charge in [0.05, 0.1) is 11.1 Å². The van der Waals surface area contributed by atoms with Gasteiger partial charge in [-0.3, -0.25) is 4.79 Å². The van der Waals surface area contributed by atoms with Gasteiger partial charge in [0.1, 0.15) is 17.5 Å². The highest BCUT2D eigenvalue weighted by Gasteiger charge is 2.12. The van der Waals surface area contributed by atoms with Crippen molar-refractivity contribution in [3.63, 3.8) is 0 Å². The third-order valence-corrected chi connectivity index (χ3v) is 4.65. The van der Waals surface area contributed by atoms with Crippen LogP contribution >= 0.6 is 11.6 Å². The molecule has 0 radical (unpaired) electrons. The van der Waals surface area contributed by atoms with Gasteiger partial charge in [0, 0.05) is 10.9 Å². The molecule has 0 saturated heterocycles. The van der Waals surface area contributed by atoms with E-state index in [0.717, 1.165) is 22.0 Å². The smallest absolute Gasteiger partial charge is 0.344 e. The molecule has 0 N–H and O–H groups in total.